The van der Waals surface area contributed by atoms with Crippen molar-refractivity contribution in [2.24, 2.45) is 0 Å². The summed E-state index contributed by atoms with van der Waals surface area (Å²) in [6.07, 6.45) is 0. The van der Waals surface area contributed by atoms with E-state index in [4.69, 9.17) is 14.5 Å². The predicted molar refractivity (Wildman–Crippen MR) is 140 cm³/mol. The van der Waals surface area contributed by atoms with Crippen LogP contribution in [0.1, 0.15) is 39.2 Å². The molecule has 0 unspecified atom stereocenters. The summed E-state index contributed by atoms with van der Waals surface area (Å²) >= 11 is 3.12. The molecule has 3 heterocycles. The Morgan fingerprint density at radius 3 is 2.26 bits per heavy atom. The van der Waals surface area contributed by atoms with E-state index in [1.54, 1.807) is 25.2 Å². The van der Waals surface area contributed by atoms with Crippen LogP contribution < -0.4 is 10.6 Å². The zero-order valence-corrected chi connectivity index (χ0v) is 21.6. The first-order valence-corrected chi connectivity index (χ1v) is 13.1. The number of aromatic nitrogens is 1. The van der Waals surface area contributed by atoms with E-state index in [1.807, 2.05) is 54.9 Å². The number of thiazole rings is 1. The average molecular weight is 510 g/mol. The van der Waals surface area contributed by atoms with E-state index in [1.165, 1.54) is 11.3 Å². The van der Waals surface area contributed by atoms with Crippen LogP contribution in [0.3, 0.4) is 0 Å². The number of hydrogen-bond acceptors (Lipinski definition) is 9. The number of nitrogens with zero attached hydrogens (tertiary/aromatic N) is 1. The molecule has 0 saturated carbocycles. The summed E-state index contributed by atoms with van der Waals surface area (Å²) in [6.45, 7) is 7.60. The summed E-state index contributed by atoms with van der Waals surface area (Å²) in [6, 6.07) is 9.65. The summed E-state index contributed by atoms with van der Waals surface area (Å²) in [7, 11) is 0. The Morgan fingerprint density at radius 1 is 1.00 bits per heavy atom. The molecule has 7 nitrogen and oxygen atoms in total. The van der Waals surface area contributed by atoms with Crippen LogP contribution in [0, 0.1) is 0 Å². The highest BCUT2D eigenvalue weighted by atomic mass is 32.1. The molecule has 35 heavy (non-hydrogen) atoms. The molecule has 1 aliphatic heterocycles. The van der Waals surface area contributed by atoms with Gasteiger partial charge in [0.05, 0.1) is 36.0 Å². The lowest BCUT2D eigenvalue weighted by molar-refractivity contribution is -0.139. The number of allylic oxidation sites excluding steroid dienone is 2. The monoisotopic (exact) mass is 509 g/mol. The lowest BCUT2D eigenvalue weighted by atomic mass is 9.79. The van der Waals surface area contributed by atoms with Crippen LogP contribution in [0.2, 0.25) is 0 Å². The van der Waals surface area contributed by atoms with E-state index in [9.17, 15) is 9.59 Å². The number of esters is 2. The van der Waals surface area contributed by atoms with E-state index in [0.29, 0.717) is 27.7 Å². The van der Waals surface area contributed by atoms with Crippen molar-refractivity contribution < 1.29 is 19.1 Å². The van der Waals surface area contributed by atoms with Crippen molar-refractivity contribution in [2.75, 3.05) is 18.5 Å². The van der Waals surface area contributed by atoms with Crippen LogP contribution in [0.25, 0.3) is 11.3 Å². The van der Waals surface area contributed by atoms with Gasteiger partial charge in [0, 0.05) is 33.4 Å². The Labute approximate surface area is 212 Å². The number of hydrogen-bond donors (Lipinski definition) is 2. The first-order valence-electron chi connectivity index (χ1n) is 11.3. The molecule has 0 fully saturated rings. The zero-order chi connectivity index (χ0) is 24.9. The van der Waals surface area contributed by atoms with E-state index in [-0.39, 0.29) is 13.2 Å². The van der Waals surface area contributed by atoms with Crippen molar-refractivity contribution in [3.8, 4) is 11.3 Å². The number of rotatable bonds is 8. The van der Waals surface area contributed by atoms with Crippen LogP contribution in [0.5, 0.6) is 0 Å². The number of anilines is 2. The second-order valence-corrected chi connectivity index (χ2v) is 9.48. The van der Waals surface area contributed by atoms with E-state index in [0.717, 1.165) is 22.5 Å². The van der Waals surface area contributed by atoms with Crippen molar-refractivity contribution in [1.29, 1.82) is 0 Å². The Hall–Kier alpha value is -3.43. The van der Waals surface area contributed by atoms with Gasteiger partial charge in [0.15, 0.2) is 5.13 Å². The quantitative estimate of drug-likeness (QED) is 0.361. The van der Waals surface area contributed by atoms with Gasteiger partial charge in [-0.25, -0.2) is 14.6 Å². The number of carbonyl (C=O) groups excluding carboxylic acids is 2. The fourth-order valence-corrected chi connectivity index (χ4v) is 5.50. The third-order valence-corrected chi connectivity index (χ3v) is 7.03. The molecule has 0 radical (unpaired) electrons. The topological polar surface area (TPSA) is 89.5 Å². The Morgan fingerprint density at radius 2 is 1.66 bits per heavy atom. The normalized spacial score (nSPS) is 14.1. The zero-order valence-electron chi connectivity index (χ0n) is 20.0. The summed E-state index contributed by atoms with van der Waals surface area (Å²) in [5, 5.41) is 13.4. The minimum Gasteiger partial charge on any atom is -0.463 e. The predicted octanol–water partition coefficient (Wildman–Crippen LogP) is 5.98. The van der Waals surface area contributed by atoms with Crippen LogP contribution in [0.4, 0.5) is 10.8 Å². The number of carbonyl (C=O) groups is 2. The van der Waals surface area contributed by atoms with Gasteiger partial charge in [-0.05, 0) is 50.8 Å². The van der Waals surface area contributed by atoms with Crippen molar-refractivity contribution in [3.63, 3.8) is 0 Å². The second kappa shape index (κ2) is 10.9. The molecular weight excluding hydrogens is 482 g/mol. The van der Waals surface area contributed by atoms with Gasteiger partial charge >= 0.3 is 11.9 Å². The molecule has 0 atom stereocenters. The summed E-state index contributed by atoms with van der Waals surface area (Å²) in [5.74, 6) is -1.62. The number of thiophene rings is 1. The fourth-order valence-electron chi connectivity index (χ4n) is 4.12. The Bertz CT molecular complexity index is 1250. The average Bonchev–Trinajstić information content (AvgIpc) is 3.51. The van der Waals surface area contributed by atoms with Gasteiger partial charge in [0.2, 0.25) is 0 Å². The molecule has 1 aromatic carbocycles. The van der Waals surface area contributed by atoms with Gasteiger partial charge in [-0.2, -0.15) is 11.3 Å². The Balaban J connectivity index is 1.79. The van der Waals surface area contributed by atoms with Gasteiger partial charge < -0.3 is 20.1 Å². The molecule has 3 aromatic rings. The molecule has 9 heteroatoms. The van der Waals surface area contributed by atoms with E-state index < -0.39 is 17.9 Å². The fraction of sp³-hybridized carbons (Fsp3) is 0.269. The Kier molecular flexibility index (Phi) is 7.67. The number of dihydropyridines is 1. The lowest BCUT2D eigenvalue weighted by Gasteiger charge is -2.31. The number of nitrogens with one attached hydrogen (secondary N) is 2. The summed E-state index contributed by atoms with van der Waals surface area (Å²) in [5.41, 5.74) is 5.51. The third kappa shape index (κ3) is 5.16. The maximum atomic E-state index is 13.1. The first-order chi connectivity index (χ1) is 16.9. The summed E-state index contributed by atoms with van der Waals surface area (Å²) in [4.78, 5) is 30.9. The van der Waals surface area contributed by atoms with Crippen LogP contribution >= 0.6 is 22.7 Å². The molecule has 4 rings (SSSR count). The van der Waals surface area contributed by atoms with Crippen molar-refractivity contribution in [2.45, 2.75) is 33.6 Å². The molecule has 182 valence electrons. The smallest absolute Gasteiger partial charge is 0.336 e. The first kappa shape index (κ1) is 24.7. The van der Waals surface area contributed by atoms with Crippen molar-refractivity contribution in [3.05, 3.63) is 74.6 Å². The van der Waals surface area contributed by atoms with Crippen molar-refractivity contribution in [1.82, 2.24) is 10.3 Å². The lowest BCUT2D eigenvalue weighted by Crippen LogP contribution is -2.32. The number of para-hydroxylation sites is 1. The molecular formula is C26H27N3O4S2. The minimum absolute atomic E-state index is 0.226. The van der Waals surface area contributed by atoms with Crippen LogP contribution in [-0.2, 0) is 19.1 Å². The van der Waals surface area contributed by atoms with Gasteiger partial charge in [0.1, 0.15) is 0 Å². The largest absolute Gasteiger partial charge is 0.463 e. The highest BCUT2D eigenvalue weighted by Crippen LogP contribution is 2.43. The second-order valence-electron chi connectivity index (χ2n) is 7.84. The molecule has 1 aliphatic rings. The molecule has 0 spiro atoms. The maximum absolute atomic E-state index is 13.1. The van der Waals surface area contributed by atoms with E-state index >= 15 is 0 Å². The SMILES string of the molecule is CCOC(=O)C1=C(C)NC(C)=C(C(=O)OCC)C1c1ccccc1Nc1nc(-c2ccsc2)cs1. The molecule has 0 bridgehead atoms. The molecule has 0 amide bonds. The maximum Gasteiger partial charge on any atom is 0.336 e. The highest BCUT2D eigenvalue weighted by Gasteiger charge is 2.39. The van der Waals surface area contributed by atoms with Crippen LogP contribution in [-0.4, -0.2) is 30.1 Å². The van der Waals surface area contributed by atoms with Crippen molar-refractivity contribution >= 4 is 45.4 Å². The third-order valence-electron chi connectivity index (χ3n) is 5.59. The van der Waals surface area contributed by atoms with Gasteiger partial charge in [-0.15, -0.1) is 11.3 Å². The van der Waals surface area contributed by atoms with Gasteiger partial charge in [-0.3, -0.25) is 0 Å². The van der Waals surface area contributed by atoms with Gasteiger partial charge in [0.25, 0.3) is 0 Å². The van der Waals surface area contributed by atoms with E-state index in [2.05, 4.69) is 16.0 Å². The van der Waals surface area contributed by atoms with Gasteiger partial charge in [-0.1, -0.05) is 18.2 Å². The molecule has 0 aliphatic carbocycles. The van der Waals surface area contributed by atoms with Crippen LogP contribution in [0.15, 0.2) is 69.0 Å². The molecule has 2 aromatic heterocycles. The molecule has 0 saturated heterocycles. The minimum atomic E-state index is -0.672. The molecule has 2 N–H and O–H groups in total. The number of ether oxygens (including phenoxy) is 2. The number of benzene rings is 1. The standard InChI is InChI=1S/C26H27N3O4S2/c1-5-32-24(30)21-15(3)27-16(4)22(25(31)33-6-2)23(21)18-9-7-8-10-19(18)28-26-29-20(14-35-26)17-11-12-34-13-17/h7-14,23,27H,5-6H2,1-4H3,(H,28,29). The summed E-state index contributed by atoms with van der Waals surface area (Å²) < 4.78 is 10.8. The highest BCUT2D eigenvalue weighted by molar-refractivity contribution is 7.14.